The van der Waals surface area contributed by atoms with Crippen LogP contribution in [0.4, 0.5) is 0 Å². The standard InChI is InChI=1S/C32H39N5O3/c1-21-17-28(27-9-7-8-10-29(27)33-21)25-11-12-30(26(18-25)19-37-13-15-39-16-14-37)40-20-31(38)35(5)23(3)32-22(2)34-36(6)24(32)4/h7-12,17-18,23H,13-16,19-20H2,1-6H3. The maximum Gasteiger partial charge on any atom is 0.260 e. The average molecular weight is 542 g/mol. The van der Waals surface area contributed by atoms with Gasteiger partial charge >= 0.3 is 0 Å². The lowest BCUT2D eigenvalue weighted by Gasteiger charge is -2.28. The minimum atomic E-state index is -0.108. The van der Waals surface area contributed by atoms with E-state index in [1.54, 1.807) is 4.90 Å². The van der Waals surface area contributed by atoms with Gasteiger partial charge in [0.2, 0.25) is 0 Å². The lowest BCUT2D eigenvalue weighted by molar-refractivity contribution is -0.134. The van der Waals surface area contributed by atoms with Gasteiger partial charge in [0.05, 0.1) is 30.5 Å². The second-order valence-corrected chi connectivity index (χ2v) is 10.7. The highest BCUT2D eigenvalue weighted by atomic mass is 16.5. The molecule has 1 saturated heterocycles. The number of morpholine rings is 1. The Balaban J connectivity index is 1.41. The molecule has 1 amide bonds. The smallest absolute Gasteiger partial charge is 0.260 e. The molecule has 1 unspecified atom stereocenters. The summed E-state index contributed by atoms with van der Waals surface area (Å²) in [6.07, 6.45) is 0. The molecule has 0 saturated carbocycles. The van der Waals surface area contributed by atoms with E-state index >= 15 is 0 Å². The van der Waals surface area contributed by atoms with E-state index in [9.17, 15) is 4.79 Å². The first-order valence-electron chi connectivity index (χ1n) is 13.9. The fourth-order valence-corrected chi connectivity index (χ4v) is 5.60. The molecular formula is C32H39N5O3. The number of aromatic nitrogens is 3. The van der Waals surface area contributed by atoms with Crippen LogP contribution in [0.5, 0.6) is 5.75 Å². The Morgan fingerprint density at radius 2 is 1.85 bits per heavy atom. The SMILES string of the molecule is Cc1cc(-c2ccc(OCC(=O)N(C)C(C)c3c(C)nn(C)c3C)c(CN3CCOCC3)c2)c2ccccc2n1. The monoisotopic (exact) mass is 541 g/mol. The molecule has 8 nitrogen and oxygen atoms in total. The van der Waals surface area contributed by atoms with Crippen molar-refractivity contribution in [2.45, 2.75) is 40.3 Å². The zero-order valence-electron chi connectivity index (χ0n) is 24.4. The highest BCUT2D eigenvalue weighted by Crippen LogP contribution is 2.33. The first-order chi connectivity index (χ1) is 19.2. The molecule has 1 fully saturated rings. The van der Waals surface area contributed by atoms with Crippen LogP contribution in [0.25, 0.3) is 22.0 Å². The summed E-state index contributed by atoms with van der Waals surface area (Å²) in [5, 5.41) is 5.64. The third-order valence-corrected chi connectivity index (χ3v) is 8.02. The van der Waals surface area contributed by atoms with Gasteiger partial charge in [-0.1, -0.05) is 24.3 Å². The third kappa shape index (κ3) is 5.74. The summed E-state index contributed by atoms with van der Waals surface area (Å²) in [7, 11) is 3.76. The summed E-state index contributed by atoms with van der Waals surface area (Å²) in [5.41, 5.74) is 8.35. The van der Waals surface area contributed by atoms with Crippen molar-refractivity contribution in [2.24, 2.45) is 7.05 Å². The van der Waals surface area contributed by atoms with Crippen molar-refractivity contribution in [3.05, 3.63) is 76.7 Å². The van der Waals surface area contributed by atoms with Crippen LogP contribution in [0.15, 0.2) is 48.5 Å². The zero-order valence-corrected chi connectivity index (χ0v) is 24.4. The van der Waals surface area contributed by atoms with Gasteiger partial charge in [-0.15, -0.1) is 0 Å². The van der Waals surface area contributed by atoms with Crippen molar-refractivity contribution in [3.63, 3.8) is 0 Å². The van der Waals surface area contributed by atoms with Gasteiger partial charge in [0.15, 0.2) is 6.61 Å². The number of nitrogens with zero attached hydrogens (tertiary/aromatic N) is 5. The Labute approximate surface area is 236 Å². The zero-order chi connectivity index (χ0) is 28.4. The maximum atomic E-state index is 13.3. The molecule has 1 aliphatic heterocycles. The van der Waals surface area contributed by atoms with E-state index in [4.69, 9.17) is 14.5 Å². The van der Waals surface area contributed by atoms with Crippen LogP contribution in [-0.2, 0) is 23.1 Å². The van der Waals surface area contributed by atoms with Gasteiger partial charge in [-0.3, -0.25) is 19.4 Å². The van der Waals surface area contributed by atoms with Crippen molar-refractivity contribution in [1.82, 2.24) is 24.6 Å². The Kier molecular flexibility index (Phi) is 8.19. The molecule has 40 heavy (non-hydrogen) atoms. The Morgan fingerprint density at radius 3 is 2.58 bits per heavy atom. The predicted octanol–water partition coefficient (Wildman–Crippen LogP) is 4.99. The lowest BCUT2D eigenvalue weighted by Crippen LogP contribution is -2.36. The van der Waals surface area contributed by atoms with Gasteiger partial charge in [-0.2, -0.15) is 5.10 Å². The number of ether oxygens (including phenoxy) is 2. The molecule has 8 heteroatoms. The molecule has 0 radical (unpaired) electrons. The van der Waals surface area contributed by atoms with Gasteiger partial charge in [0.1, 0.15) is 5.75 Å². The Bertz CT molecular complexity index is 1520. The van der Waals surface area contributed by atoms with Gasteiger partial charge in [-0.25, -0.2) is 0 Å². The van der Waals surface area contributed by atoms with Crippen LogP contribution in [0, 0.1) is 20.8 Å². The van der Waals surface area contributed by atoms with Gasteiger partial charge < -0.3 is 14.4 Å². The fourth-order valence-electron chi connectivity index (χ4n) is 5.60. The van der Waals surface area contributed by atoms with E-state index in [1.165, 1.54) is 0 Å². The predicted molar refractivity (Wildman–Crippen MR) is 157 cm³/mol. The van der Waals surface area contributed by atoms with Crippen LogP contribution in [0.1, 0.15) is 41.2 Å². The third-order valence-electron chi connectivity index (χ3n) is 8.02. The molecule has 0 N–H and O–H groups in total. The highest BCUT2D eigenvalue weighted by molar-refractivity contribution is 5.94. The minimum absolute atomic E-state index is 0.0358. The molecule has 210 valence electrons. The Hall–Kier alpha value is -3.75. The van der Waals surface area contributed by atoms with E-state index in [1.807, 2.05) is 64.7 Å². The first kappa shape index (κ1) is 27.8. The quantitative estimate of drug-likeness (QED) is 0.313. The molecule has 1 aliphatic rings. The number of hydrogen-bond acceptors (Lipinski definition) is 6. The topological polar surface area (TPSA) is 72.7 Å². The van der Waals surface area contributed by atoms with Crippen molar-refractivity contribution in [1.29, 1.82) is 0 Å². The second kappa shape index (κ2) is 11.8. The number of aryl methyl sites for hydroxylation is 3. The second-order valence-electron chi connectivity index (χ2n) is 10.7. The van der Waals surface area contributed by atoms with Gasteiger partial charge in [0.25, 0.3) is 5.91 Å². The number of likely N-dealkylation sites (N-methyl/N-ethyl adjacent to an activating group) is 1. The number of hydrogen-bond donors (Lipinski definition) is 0. The van der Waals surface area contributed by atoms with Crippen LogP contribution in [0.3, 0.4) is 0 Å². The number of fused-ring (bicyclic) bond motifs is 1. The Morgan fingerprint density at radius 1 is 1.10 bits per heavy atom. The molecule has 4 aromatic rings. The molecular weight excluding hydrogens is 502 g/mol. The summed E-state index contributed by atoms with van der Waals surface area (Å²) in [6.45, 7) is 11.9. The molecule has 2 aromatic carbocycles. The van der Waals surface area contributed by atoms with E-state index in [0.29, 0.717) is 0 Å². The lowest BCUT2D eigenvalue weighted by atomic mass is 9.98. The molecule has 0 aliphatic carbocycles. The summed E-state index contributed by atoms with van der Waals surface area (Å²) in [4.78, 5) is 22.1. The molecule has 0 spiro atoms. The number of pyridine rings is 1. The van der Waals surface area contributed by atoms with Crippen LogP contribution in [-0.4, -0.2) is 70.4 Å². The fraction of sp³-hybridized carbons (Fsp3) is 0.406. The van der Waals surface area contributed by atoms with E-state index in [2.05, 4.69) is 40.3 Å². The van der Waals surface area contributed by atoms with Crippen molar-refractivity contribution >= 4 is 16.8 Å². The van der Waals surface area contributed by atoms with Crippen molar-refractivity contribution in [3.8, 4) is 16.9 Å². The normalized spacial score (nSPS) is 14.8. The number of carbonyl (C=O) groups is 1. The van der Waals surface area contributed by atoms with Crippen LogP contribution in [0.2, 0.25) is 0 Å². The molecule has 0 bridgehead atoms. The van der Waals surface area contributed by atoms with E-state index < -0.39 is 0 Å². The summed E-state index contributed by atoms with van der Waals surface area (Å²) in [6, 6.07) is 16.5. The number of carbonyl (C=O) groups excluding carboxylic acids is 1. The number of para-hydroxylation sites is 1. The minimum Gasteiger partial charge on any atom is -0.483 e. The van der Waals surface area contributed by atoms with Gasteiger partial charge in [0, 0.05) is 61.6 Å². The van der Waals surface area contributed by atoms with E-state index in [-0.39, 0.29) is 18.6 Å². The van der Waals surface area contributed by atoms with Crippen LogP contribution >= 0.6 is 0 Å². The molecule has 3 heterocycles. The van der Waals surface area contributed by atoms with Crippen LogP contribution < -0.4 is 4.74 Å². The first-order valence-corrected chi connectivity index (χ1v) is 13.9. The molecule has 1 atom stereocenters. The summed E-state index contributed by atoms with van der Waals surface area (Å²) in [5.74, 6) is 0.653. The number of benzene rings is 2. The van der Waals surface area contributed by atoms with Gasteiger partial charge in [-0.05, 0) is 63.1 Å². The number of rotatable bonds is 8. The largest absolute Gasteiger partial charge is 0.483 e. The molecule has 5 rings (SSSR count). The average Bonchev–Trinajstić information content (AvgIpc) is 3.21. The summed E-state index contributed by atoms with van der Waals surface area (Å²) < 4.78 is 13.7. The maximum absolute atomic E-state index is 13.3. The van der Waals surface area contributed by atoms with Crippen molar-refractivity contribution in [2.75, 3.05) is 40.0 Å². The highest BCUT2D eigenvalue weighted by Gasteiger charge is 2.24. The van der Waals surface area contributed by atoms with E-state index in [0.717, 1.165) is 88.8 Å². The summed E-state index contributed by atoms with van der Waals surface area (Å²) >= 11 is 0. The van der Waals surface area contributed by atoms with Crippen molar-refractivity contribution < 1.29 is 14.3 Å². The number of amides is 1. The molecule has 2 aromatic heterocycles.